The zero-order valence-electron chi connectivity index (χ0n) is 28.1. The number of hydrogen-bond donors (Lipinski definition) is 23. The number of fused-ring (bicyclic) bond motifs is 3. The summed E-state index contributed by atoms with van der Waals surface area (Å²) in [6, 6.07) is 0. The van der Waals surface area contributed by atoms with Crippen LogP contribution in [0.5, 0.6) is 0 Å². The average molecular weight is 995 g/mol. The van der Waals surface area contributed by atoms with Crippen LogP contribution < -0.4 is 122 Å². The van der Waals surface area contributed by atoms with E-state index in [2.05, 4.69) is 92.1 Å². The van der Waals surface area contributed by atoms with E-state index >= 15 is 0 Å². The molecule has 54 heavy (non-hydrogen) atoms. The monoisotopic (exact) mass is 995 g/mol. The fourth-order valence-corrected chi connectivity index (χ4v) is 42.8. The van der Waals surface area contributed by atoms with E-state index < -0.39 is 89.9 Å². The summed E-state index contributed by atoms with van der Waals surface area (Å²) < 4.78 is 56.5. The maximum absolute atomic E-state index is 6.79. The Balaban J connectivity index is 1.41. The highest BCUT2D eigenvalue weighted by atomic mass is 31.3. The first-order valence-electron chi connectivity index (χ1n) is 15.1. The van der Waals surface area contributed by atoms with Gasteiger partial charge < -0.3 is 0 Å². The molecule has 0 fully saturated rings. The van der Waals surface area contributed by atoms with Crippen molar-refractivity contribution in [2.75, 3.05) is 46.1 Å². The molecule has 7 aliphatic rings. The third-order valence-corrected chi connectivity index (χ3v) is 41.3. The minimum atomic E-state index is -3.39. The van der Waals surface area contributed by atoms with E-state index in [9.17, 15) is 0 Å². The molecule has 3 spiro atoms. The topological polar surface area (TPSA) is 593 Å². The van der Waals surface area contributed by atoms with Gasteiger partial charge in [0.1, 0.15) is 7.36 Å². The van der Waals surface area contributed by atoms with Gasteiger partial charge in [-0.1, -0.05) is 0 Å². The molecule has 312 valence electrons. The Morgan fingerprint density at radius 1 is 0.278 bits per heavy atom. The molecular weight excluding hydrogens is 946 g/mol. The summed E-state index contributed by atoms with van der Waals surface area (Å²) in [7, 11) is -39.3. The van der Waals surface area contributed by atoms with Crippen LogP contribution in [0, 0.1) is 0 Å². The fourth-order valence-electron chi connectivity index (χ4n) is 5.40. The van der Waals surface area contributed by atoms with E-state index in [1.807, 2.05) is 0 Å². The Morgan fingerprint density at radius 2 is 0.574 bits per heavy atom. The Hall–Kier alpha value is 1.84. The summed E-state index contributed by atoms with van der Waals surface area (Å²) in [5, 5.41) is 36.4. The minimum Gasteiger partial charge on any atom is -0.279 e. The predicted octanol–water partition coefficient (Wildman–Crippen LogP) is 0.299. The summed E-state index contributed by atoms with van der Waals surface area (Å²) in [6.07, 6.45) is 0.184. The lowest BCUT2D eigenvalue weighted by molar-refractivity contribution is 0.799. The van der Waals surface area contributed by atoms with Crippen LogP contribution in [0.1, 0.15) is 0 Å². The molecule has 9 bridgehead atoms. The lowest BCUT2D eigenvalue weighted by atomic mass is 10.8. The predicted molar refractivity (Wildman–Crippen MR) is 231 cm³/mol. The van der Waals surface area contributed by atoms with Crippen molar-refractivity contribution in [2.45, 2.75) is 0 Å². The van der Waals surface area contributed by atoms with E-state index in [4.69, 9.17) is 84.1 Å². The number of nitrogens with zero attached hydrogens (tertiary/aromatic N) is 12. The highest BCUT2D eigenvalue weighted by molar-refractivity contribution is 7.86. The van der Waals surface area contributed by atoms with Crippen LogP contribution in [-0.2, 0) is 0 Å². The molecule has 35 nitrogen and oxygen atoms in total. The molecule has 0 aromatic carbocycles. The Bertz CT molecular complexity index is 2000. The van der Waals surface area contributed by atoms with Gasteiger partial charge >= 0.3 is 0 Å². The molecule has 7 heterocycles. The molecule has 9 unspecified atom stereocenters. The molecule has 9 atom stereocenters. The maximum atomic E-state index is 6.79. The van der Waals surface area contributed by atoms with Crippen molar-refractivity contribution in [1.29, 1.82) is 0 Å². The summed E-state index contributed by atoms with van der Waals surface area (Å²) in [6.45, 7) is -0.157. The van der Waals surface area contributed by atoms with Gasteiger partial charge in [0.2, 0.25) is 82.6 Å². The van der Waals surface area contributed by atoms with E-state index in [0.717, 1.165) is 0 Å². The van der Waals surface area contributed by atoms with Gasteiger partial charge in [0.15, 0.2) is 0 Å². The summed E-state index contributed by atoms with van der Waals surface area (Å²) in [5.41, 5.74) is 78.0. The van der Waals surface area contributed by atoms with Gasteiger partial charge in [-0.3, -0.25) is 71.1 Å². The molecule has 0 amide bonds. The second-order valence-corrected chi connectivity index (χ2v) is 40.5. The Morgan fingerprint density at radius 3 is 0.944 bits per heavy atom. The number of nitrogens with one attached hydrogen (secondary N) is 11. The van der Waals surface area contributed by atoms with Crippen LogP contribution in [0.3, 0.4) is 0 Å². The standard InChI is InChI=1S/C7H49N35P12/c8-43-2-1-20-52-26-4-22-48(16)34-45(11,12)35-49(17,38-48)24-6-29-54(41-52)30-7-25-51(19)37-46(13,14)36-50(18,39-51)23-5-28-53(40-52,42-54)27-3-21-47(15,32-43)33-44(9,10)31-43/h20-30H,1-19H2. The third-order valence-electron chi connectivity index (χ3n) is 7.14. The van der Waals surface area contributed by atoms with E-state index in [1.165, 1.54) is 0 Å². The molecule has 47 heteroatoms. The average Bonchev–Trinajstić information content (AvgIpc) is 2.91. The van der Waals surface area contributed by atoms with Gasteiger partial charge in [-0.05, 0) is 0 Å². The van der Waals surface area contributed by atoms with Crippen LogP contribution in [0.2, 0.25) is 0 Å². The van der Waals surface area contributed by atoms with E-state index in [-0.39, 0.29) is 46.1 Å². The lowest BCUT2D eigenvalue weighted by Gasteiger charge is -2.40. The number of hydrogen-bond acceptors (Lipinski definition) is 35. The van der Waals surface area contributed by atoms with E-state index in [1.54, 1.807) is 0 Å². The van der Waals surface area contributed by atoms with Gasteiger partial charge in [0.05, 0.1) is 33.3 Å². The van der Waals surface area contributed by atoms with Crippen LogP contribution in [0.4, 0.5) is 0 Å². The van der Waals surface area contributed by atoms with Gasteiger partial charge in [0.25, 0.3) is 0 Å². The van der Waals surface area contributed by atoms with E-state index in [0.29, 0.717) is 0 Å². The lowest BCUT2D eigenvalue weighted by Crippen LogP contribution is -2.41. The third kappa shape index (κ3) is 10.1. The van der Waals surface area contributed by atoms with Crippen molar-refractivity contribution in [3.05, 3.63) is 0 Å². The molecule has 0 aromatic heterocycles. The van der Waals surface area contributed by atoms with Gasteiger partial charge in [0, 0.05) is 12.7 Å². The molecule has 0 aromatic rings. The maximum Gasteiger partial charge on any atom is 0.218 e. The van der Waals surface area contributed by atoms with Crippen molar-refractivity contribution in [3.63, 3.8) is 0 Å². The molecule has 0 saturated carbocycles. The van der Waals surface area contributed by atoms with Crippen LogP contribution in [0.15, 0.2) is 54.2 Å². The van der Waals surface area contributed by atoms with Crippen molar-refractivity contribution in [2.24, 2.45) is 120 Å². The first-order valence-corrected chi connectivity index (χ1v) is 36.4. The van der Waals surface area contributed by atoms with Gasteiger partial charge in [-0.15, -0.1) is 0 Å². The zero-order chi connectivity index (χ0) is 39.2. The summed E-state index contributed by atoms with van der Waals surface area (Å²) in [4.78, 5) is 0. The Kier molecular flexibility index (Phi) is 12.0. The highest BCUT2D eigenvalue weighted by Crippen LogP contribution is 2.73. The van der Waals surface area contributed by atoms with Crippen molar-refractivity contribution in [3.8, 4) is 0 Å². The largest absolute Gasteiger partial charge is 0.279 e. The van der Waals surface area contributed by atoms with Crippen LogP contribution in [-0.4, -0.2) is 46.1 Å². The smallest absolute Gasteiger partial charge is 0.218 e. The molecule has 0 aliphatic carbocycles. The van der Waals surface area contributed by atoms with Crippen molar-refractivity contribution in [1.82, 2.24) is 56.0 Å². The minimum absolute atomic E-state index is 0.0572. The highest BCUT2D eigenvalue weighted by Gasteiger charge is 2.41. The number of nitrogens with two attached hydrogens (primary N) is 12. The Labute approximate surface area is 311 Å². The molecule has 35 N–H and O–H groups in total. The van der Waals surface area contributed by atoms with Crippen molar-refractivity contribution < 1.29 is 0 Å². The summed E-state index contributed by atoms with van der Waals surface area (Å²) in [5.74, 6) is 0. The van der Waals surface area contributed by atoms with Gasteiger partial charge in [-0.2, -0.15) is 54.2 Å². The normalized spacial score (nSPS) is 49.6. The quantitative estimate of drug-likeness (QED) is 0.145. The zero-order valence-corrected chi connectivity index (χ0v) is 38.8. The van der Waals surface area contributed by atoms with Crippen LogP contribution in [0.25, 0.3) is 0 Å². The first-order chi connectivity index (χ1) is 24.7. The summed E-state index contributed by atoms with van der Waals surface area (Å²) >= 11 is 0. The molecule has 7 aliphatic heterocycles. The second-order valence-electron chi connectivity index (χ2n) is 12.1. The first kappa shape index (κ1) is 43.9. The molecule has 7 rings (SSSR count). The second kappa shape index (κ2) is 14.7. The number of rotatable bonds is 0. The molecule has 0 radical (unpaired) electrons. The SMILES string of the molecule is NP1(N)=NP2(N)=NP(N)(=N1)NCNP13=NP4(=NP(=N1)(NCNP1(N)=NP(N)(N)=NP(N)(=N1)NCN3)NCNP1(N)=NP(N)(=NP(N)(N)=N1)NCN4)NCC2. The van der Waals surface area contributed by atoms with Gasteiger partial charge in [-0.25, -0.2) is 50.9 Å². The van der Waals surface area contributed by atoms with Crippen molar-refractivity contribution >= 4 is 89.9 Å². The van der Waals surface area contributed by atoms with Crippen LogP contribution >= 0.6 is 89.9 Å². The fraction of sp³-hybridized carbons (Fsp3) is 1.00. The molecule has 0 saturated heterocycles. The molecular formula is C7H49N35P12.